The molecule has 0 atom stereocenters. The zero-order valence-corrected chi connectivity index (χ0v) is 24.2. The highest BCUT2D eigenvalue weighted by molar-refractivity contribution is 6.14. The van der Waals surface area contributed by atoms with E-state index in [0.29, 0.717) is 0 Å². The van der Waals surface area contributed by atoms with Gasteiger partial charge in [-0.05, 0) is 78.2 Å². The Bertz CT molecular complexity index is 2360. The maximum atomic E-state index is 5.16. The standard InChI is InChI=1S/C38H28N6/c1-41-25-42(36-19-10-22-39-38(36)41)27-13-9-14-28(23-27)43(26-11-3-2-4-12-26)29-20-21-30-31-15-5-7-17-34(31)44-35-18-8-6-16-33(35)40-37(44)32(30)24-29/h2-24H,25H2,1H3. The number of benzene rings is 5. The van der Waals surface area contributed by atoms with Crippen LogP contribution < -0.4 is 14.7 Å². The van der Waals surface area contributed by atoms with Gasteiger partial charge in [0.1, 0.15) is 5.65 Å². The maximum absolute atomic E-state index is 5.16. The molecule has 0 N–H and O–H groups in total. The molecule has 0 saturated heterocycles. The molecule has 4 heterocycles. The van der Waals surface area contributed by atoms with E-state index in [0.717, 1.165) is 68.5 Å². The summed E-state index contributed by atoms with van der Waals surface area (Å²) in [7, 11) is 2.09. The smallest absolute Gasteiger partial charge is 0.153 e. The highest BCUT2D eigenvalue weighted by Crippen LogP contribution is 2.43. The van der Waals surface area contributed by atoms with Gasteiger partial charge in [0.05, 0.1) is 28.9 Å². The summed E-state index contributed by atoms with van der Waals surface area (Å²) in [6.45, 7) is 0.746. The van der Waals surface area contributed by atoms with Crippen LogP contribution in [0.5, 0.6) is 0 Å². The summed E-state index contributed by atoms with van der Waals surface area (Å²) in [6.07, 6.45) is 1.86. The zero-order chi connectivity index (χ0) is 29.2. The fraction of sp³-hybridized carbons (Fsp3) is 0.0526. The summed E-state index contributed by atoms with van der Waals surface area (Å²) in [6, 6.07) is 47.3. The van der Waals surface area contributed by atoms with Crippen molar-refractivity contribution < 1.29 is 0 Å². The molecule has 0 unspecified atom stereocenters. The van der Waals surface area contributed by atoms with Gasteiger partial charge in [-0.2, -0.15) is 0 Å². The zero-order valence-electron chi connectivity index (χ0n) is 24.2. The van der Waals surface area contributed by atoms with Gasteiger partial charge >= 0.3 is 0 Å². The van der Waals surface area contributed by atoms with Crippen LogP contribution in [0.4, 0.5) is 34.3 Å². The number of pyridine rings is 2. The van der Waals surface area contributed by atoms with Crippen molar-refractivity contribution in [2.24, 2.45) is 0 Å². The summed E-state index contributed by atoms with van der Waals surface area (Å²) in [4.78, 5) is 16.6. The van der Waals surface area contributed by atoms with Gasteiger partial charge in [0, 0.05) is 46.8 Å². The number of nitrogens with zero attached hydrogens (tertiary/aromatic N) is 6. The Morgan fingerprint density at radius 2 is 1.39 bits per heavy atom. The molecular formula is C38H28N6. The van der Waals surface area contributed by atoms with E-state index in [1.54, 1.807) is 0 Å². The third kappa shape index (κ3) is 3.67. The minimum absolute atomic E-state index is 0.746. The van der Waals surface area contributed by atoms with Crippen molar-refractivity contribution >= 4 is 72.6 Å². The van der Waals surface area contributed by atoms with Crippen LogP contribution in [0.15, 0.2) is 140 Å². The Balaban J connectivity index is 1.27. The summed E-state index contributed by atoms with van der Waals surface area (Å²) in [5.41, 5.74) is 9.72. The molecule has 1 aliphatic heterocycles. The molecule has 6 heteroatoms. The van der Waals surface area contributed by atoms with E-state index in [2.05, 4.69) is 159 Å². The van der Waals surface area contributed by atoms with Crippen LogP contribution in [-0.4, -0.2) is 28.1 Å². The fourth-order valence-corrected chi connectivity index (χ4v) is 6.73. The number of hydrogen-bond donors (Lipinski definition) is 0. The van der Waals surface area contributed by atoms with Crippen LogP contribution in [0.3, 0.4) is 0 Å². The van der Waals surface area contributed by atoms with Gasteiger partial charge in [0.25, 0.3) is 0 Å². The van der Waals surface area contributed by atoms with Crippen molar-refractivity contribution in [3.63, 3.8) is 0 Å². The second-order valence-electron chi connectivity index (χ2n) is 11.3. The van der Waals surface area contributed by atoms with E-state index >= 15 is 0 Å². The second-order valence-corrected chi connectivity index (χ2v) is 11.3. The Morgan fingerprint density at radius 3 is 2.30 bits per heavy atom. The van der Waals surface area contributed by atoms with Crippen molar-refractivity contribution in [3.8, 4) is 0 Å². The van der Waals surface area contributed by atoms with Crippen molar-refractivity contribution in [1.29, 1.82) is 0 Å². The first-order chi connectivity index (χ1) is 21.7. The first kappa shape index (κ1) is 24.7. The van der Waals surface area contributed by atoms with Gasteiger partial charge in [0.2, 0.25) is 0 Å². The topological polar surface area (TPSA) is 39.9 Å². The molecule has 9 rings (SSSR count). The number of aromatic nitrogens is 3. The van der Waals surface area contributed by atoms with Gasteiger partial charge in [-0.25, -0.2) is 9.97 Å². The third-order valence-electron chi connectivity index (χ3n) is 8.68. The minimum atomic E-state index is 0.746. The predicted molar refractivity (Wildman–Crippen MR) is 182 cm³/mol. The van der Waals surface area contributed by atoms with Crippen LogP contribution in [-0.2, 0) is 0 Å². The molecule has 0 spiro atoms. The molecule has 0 amide bonds. The maximum Gasteiger partial charge on any atom is 0.153 e. The summed E-state index contributed by atoms with van der Waals surface area (Å²) in [5.74, 6) is 0.996. The molecule has 0 aliphatic carbocycles. The molecule has 0 radical (unpaired) electrons. The lowest BCUT2D eigenvalue weighted by atomic mass is 10.0. The first-order valence-electron chi connectivity index (χ1n) is 14.9. The van der Waals surface area contributed by atoms with Crippen LogP contribution in [0.1, 0.15) is 0 Å². The third-order valence-corrected chi connectivity index (χ3v) is 8.68. The van der Waals surface area contributed by atoms with Crippen LogP contribution in [0.25, 0.3) is 38.4 Å². The number of imidazole rings is 1. The van der Waals surface area contributed by atoms with Crippen LogP contribution in [0, 0.1) is 0 Å². The largest absolute Gasteiger partial charge is 0.340 e. The summed E-state index contributed by atoms with van der Waals surface area (Å²) >= 11 is 0. The van der Waals surface area contributed by atoms with Crippen molar-refractivity contribution in [3.05, 3.63) is 140 Å². The second kappa shape index (κ2) is 9.57. The average Bonchev–Trinajstić information content (AvgIpc) is 3.64. The number of rotatable bonds is 4. The Hall–Kier alpha value is -5.88. The van der Waals surface area contributed by atoms with E-state index in [-0.39, 0.29) is 0 Å². The van der Waals surface area contributed by atoms with Gasteiger partial charge in [-0.3, -0.25) is 4.40 Å². The van der Waals surface area contributed by atoms with Crippen LogP contribution >= 0.6 is 0 Å². The molecule has 6 nitrogen and oxygen atoms in total. The Morgan fingerprint density at radius 1 is 0.614 bits per heavy atom. The molecule has 5 aromatic carbocycles. The molecule has 8 aromatic rings. The van der Waals surface area contributed by atoms with E-state index in [4.69, 9.17) is 4.98 Å². The van der Waals surface area contributed by atoms with Crippen molar-refractivity contribution in [2.45, 2.75) is 0 Å². The normalized spacial score (nSPS) is 12.9. The quantitative estimate of drug-likeness (QED) is 0.198. The van der Waals surface area contributed by atoms with Gasteiger partial charge in [-0.1, -0.05) is 60.7 Å². The first-order valence-corrected chi connectivity index (χ1v) is 14.9. The van der Waals surface area contributed by atoms with E-state index < -0.39 is 0 Å². The lowest BCUT2D eigenvalue weighted by Crippen LogP contribution is -2.24. The van der Waals surface area contributed by atoms with Gasteiger partial charge in [-0.15, -0.1) is 0 Å². The lowest BCUT2D eigenvalue weighted by Gasteiger charge is -2.28. The summed E-state index contributed by atoms with van der Waals surface area (Å²) in [5, 5.41) is 3.53. The monoisotopic (exact) mass is 568 g/mol. The molecule has 3 aromatic heterocycles. The molecule has 44 heavy (non-hydrogen) atoms. The predicted octanol–water partition coefficient (Wildman–Crippen LogP) is 9.20. The molecule has 1 aliphatic rings. The minimum Gasteiger partial charge on any atom is -0.340 e. The Kier molecular flexibility index (Phi) is 5.37. The van der Waals surface area contributed by atoms with Crippen LogP contribution in [0.2, 0.25) is 0 Å². The van der Waals surface area contributed by atoms with E-state index in [9.17, 15) is 0 Å². The highest BCUT2D eigenvalue weighted by atomic mass is 15.4. The molecule has 0 saturated carbocycles. The molecule has 0 fully saturated rings. The fourth-order valence-electron chi connectivity index (χ4n) is 6.73. The van der Waals surface area contributed by atoms with Gasteiger partial charge < -0.3 is 14.7 Å². The highest BCUT2D eigenvalue weighted by Gasteiger charge is 2.26. The van der Waals surface area contributed by atoms with E-state index in [1.165, 1.54) is 10.8 Å². The number of para-hydroxylation sites is 4. The number of hydrogen-bond acceptors (Lipinski definition) is 5. The lowest BCUT2D eigenvalue weighted by molar-refractivity contribution is 0.938. The molecular weight excluding hydrogens is 540 g/mol. The summed E-state index contributed by atoms with van der Waals surface area (Å²) < 4.78 is 2.31. The average molecular weight is 569 g/mol. The van der Waals surface area contributed by atoms with Gasteiger partial charge in [0.15, 0.2) is 5.82 Å². The van der Waals surface area contributed by atoms with Crippen molar-refractivity contribution in [2.75, 3.05) is 28.4 Å². The SMILES string of the molecule is CN1CN(c2cccc(N(c3ccccc3)c3ccc4c5ccccc5n5c6ccccc6nc5c4c3)c2)c2cccnc21. The number of fused-ring (bicyclic) bond motifs is 9. The number of anilines is 6. The van der Waals surface area contributed by atoms with Crippen molar-refractivity contribution in [1.82, 2.24) is 14.4 Å². The Labute approximate surface area is 254 Å². The molecule has 210 valence electrons. The molecule has 0 bridgehead atoms. The van der Waals surface area contributed by atoms with E-state index in [1.807, 2.05) is 12.3 Å².